The molecule has 0 aromatic heterocycles. The number of aliphatic hydroxyl groups is 1. The maximum atomic E-state index is 13.3. The smallest absolute Gasteiger partial charge is 0.141 e. The molecular formula is C15H15BrFNO3. The van der Waals surface area contributed by atoms with Crippen molar-refractivity contribution in [2.45, 2.75) is 6.10 Å². The van der Waals surface area contributed by atoms with E-state index in [2.05, 4.69) is 15.9 Å². The van der Waals surface area contributed by atoms with Crippen LogP contribution in [0.3, 0.4) is 0 Å². The Labute approximate surface area is 130 Å². The van der Waals surface area contributed by atoms with Crippen LogP contribution in [-0.4, -0.2) is 24.4 Å². The molecule has 0 aliphatic rings. The summed E-state index contributed by atoms with van der Waals surface area (Å²) in [6, 6.07) is 11.3. The summed E-state index contributed by atoms with van der Waals surface area (Å²) in [4.78, 5) is 0. The maximum absolute atomic E-state index is 13.3. The molecule has 0 spiro atoms. The Bertz CT molecular complexity index is 592. The molecule has 0 saturated heterocycles. The van der Waals surface area contributed by atoms with E-state index in [1.54, 1.807) is 36.4 Å². The normalized spacial score (nSPS) is 12.0. The van der Waals surface area contributed by atoms with Gasteiger partial charge in [0.2, 0.25) is 0 Å². The van der Waals surface area contributed by atoms with Gasteiger partial charge in [0.25, 0.3) is 0 Å². The fourth-order valence-electron chi connectivity index (χ4n) is 1.56. The summed E-state index contributed by atoms with van der Waals surface area (Å²) in [5.41, 5.74) is 6.20. The number of aliphatic hydroxyl groups excluding tert-OH is 1. The van der Waals surface area contributed by atoms with Gasteiger partial charge in [0.05, 0.1) is 4.47 Å². The van der Waals surface area contributed by atoms with Crippen LogP contribution in [0.25, 0.3) is 0 Å². The third kappa shape index (κ3) is 4.91. The monoisotopic (exact) mass is 355 g/mol. The lowest BCUT2D eigenvalue weighted by Crippen LogP contribution is -2.25. The molecule has 21 heavy (non-hydrogen) atoms. The van der Waals surface area contributed by atoms with Crippen LogP contribution < -0.4 is 15.2 Å². The van der Waals surface area contributed by atoms with Crippen molar-refractivity contribution >= 4 is 21.6 Å². The van der Waals surface area contributed by atoms with Crippen LogP contribution in [-0.2, 0) is 0 Å². The van der Waals surface area contributed by atoms with E-state index < -0.39 is 11.9 Å². The predicted octanol–water partition coefficient (Wildman–Crippen LogP) is 2.99. The van der Waals surface area contributed by atoms with E-state index in [-0.39, 0.29) is 13.2 Å². The number of hydrogen-bond donors (Lipinski definition) is 2. The number of halogens is 2. The number of nitrogens with two attached hydrogens (primary N) is 1. The molecule has 112 valence electrons. The van der Waals surface area contributed by atoms with Gasteiger partial charge >= 0.3 is 0 Å². The molecule has 4 nitrogen and oxygen atoms in total. The lowest BCUT2D eigenvalue weighted by atomic mass is 10.3. The van der Waals surface area contributed by atoms with Gasteiger partial charge in [0.15, 0.2) is 0 Å². The molecular weight excluding hydrogens is 341 g/mol. The van der Waals surface area contributed by atoms with Crippen molar-refractivity contribution < 1.29 is 19.0 Å². The number of ether oxygens (including phenoxy) is 2. The first-order valence-corrected chi connectivity index (χ1v) is 7.08. The third-order valence-corrected chi connectivity index (χ3v) is 3.30. The van der Waals surface area contributed by atoms with Gasteiger partial charge in [0, 0.05) is 11.8 Å². The van der Waals surface area contributed by atoms with Crippen molar-refractivity contribution in [3.05, 3.63) is 52.8 Å². The van der Waals surface area contributed by atoms with Crippen molar-refractivity contribution in [3.63, 3.8) is 0 Å². The fraction of sp³-hybridized carbons (Fsp3) is 0.200. The zero-order chi connectivity index (χ0) is 15.2. The highest BCUT2D eigenvalue weighted by Crippen LogP contribution is 2.21. The third-order valence-electron chi connectivity index (χ3n) is 2.66. The van der Waals surface area contributed by atoms with Crippen LogP contribution in [0.15, 0.2) is 46.9 Å². The van der Waals surface area contributed by atoms with Crippen molar-refractivity contribution in [2.75, 3.05) is 18.9 Å². The van der Waals surface area contributed by atoms with E-state index in [0.29, 0.717) is 21.7 Å². The number of anilines is 1. The molecule has 2 aromatic rings. The van der Waals surface area contributed by atoms with Crippen LogP contribution in [0.1, 0.15) is 0 Å². The SMILES string of the molecule is Nc1ccc(OCC(O)COc2ccc(Br)c(F)c2)cc1. The average Bonchev–Trinajstić information content (AvgIpc) is 2.48. The Morgan fingerprint density at radius 1 is 1.05 bits per heavy atom. The highest BCUT2D eigenvalue weighted by Gasteiger charge is 2.08. The summed E-state index contributed by atoms with van der Waals surface area (Å²) in [5.74, 6) is 0.542. The van der Waals surface area contributed by atoms with Gasteiger partial charge < -0.3 is 20.3 Å². The Kier molecular flexibility index (Phi) is 5.41. The summed E-state index contributed by atoms with van der Waals surface area (Å²) >= 11 is 3.06. The number of benzene rings is 2. The topological polar surface area (TPSA) is 64.7 Å². The summed E-state index contributed by atoms with van der Waals surface area (Å²) in [6.07, 6.45) is -0.825. The summed E-state index contributed by atoms with van der Waals surface area (Å²) in [7, 11) is 0. The molecule has 1 unspecified atom stereocenters. The maximum Gasteiger partial charge on any atom is 0.141 e. The van der Waals surface area contributed by atoms with Crippen LogP contribution in [0.2, 0.25) is 0 Å². The molecule has 0 heterocycles. The predicted molar refractivity (Wildman–Crippen MR) is 82.0 cm³/mol. The number of hydrogen-bond acceptors (Lipinski definition) is 4. The minimum Gasteiger partial charge on any atom is -0.491 e. The van der Waals surface area contributed by atoms with Crippen LogP contribution in [0.5, 0.6) is 11.5 Å². The molecule has 0 radical (unpaired) electrons. The van der Waals surface area contributed by atoms with Crippen molar-refractivity contribution in [3.8, 4) is 11.5 Å². The van der Waals surface area contributed by atoms with Crippen LogP contribution in [0, 0.1) is 5.82 Å². The summed E-state index contributed by atoms with van der Waals surface area (Å²) in [6.45, 7) is 0.0823. The van der Waals surface area contributed by atoms with Gasteiger partial charge in [-0.1, -0.05) is 0 Å². The Morgan fingerprint density at radius 2 is 1.62 bits per heavy atom. The zero-order valence-corrected chi connectivity index (χ0v) is 12.7. The second-order valence-electron chi connectivity index (χ2n) is 4.42. The lowest BCUT2D eigenvalue weighted by molar-refractivity contribution is 0.0625. The van der Waals surface area contributed by atoms with Gasteiger partial charge in [-0.2, -0.15) is 0 Å². The second-order valence-corrected chi connectivity index (χ2v) is 5.28. The highest BCUT2D eigenvalue weighted by molar-refractivity contribution is 9.10. The van der Waals surface area contributed by atoms with Crippen molar-refractivity contribution in [1.82, 2.24) is 0 Å². The minimum absolute atomic E-state index is 0.00997. The summed E-state index contributed by atoms with van der Waals surface area (Å²) < 4.78 is 24.3. The first kappa shape index (κ1) is 15.6. The molecule has 2 aromatic carbocycles. The van der Waals surface area contributed by atoms with E-state index in [1.165, 1.54) is 6.07 Å². The van der Waals surface area contributed by atoms with Gasteiger partial charge in [-0.3, -0.25) is 0 Å². The Balaban J connectivity index is 1.77. The van der Waals surface area contributed by atoms with E-state index in [1.807, 2.05) is 0 Å². The van der Waals surface area contributed by atoms with E-state index in [4.69, 9.17) is 15.2 Å². The molecule has 0 aliphatic heterocycles. The molecule has 3 N–H and O–H groups in total. The lowest BCUT2D eigenvalue weighted by Gasteiger charge is -2.14. The Morgan fingerprint density at radius 3 is 2.24 bits per heavy atom. The van der Waals surface area contributed by atoms with E-state index >= 15 is 0 Å². The number of nitrogen functional groups attached to an aromatic ring is 1. The van der Waals surface area contributed by atoms with Gasteiger partial charge in [0.1, 0.15) is 36.6 Å². The molecule has 0 amide bonds. The molecule has 0 fully saturated rings. The highest BCUT2D eigenvalue weighted by atomic mass is 79.9. The molecule has 0 aliphatic carbocycles. The standard InChI is InChI=1S/C15H15BrFNO3/c16-14-6-5-13(7-15(14)17)21-9-11(19)8-20-12-3-1-10(18)2-4-12/h1-7,11,19H,8-9,18H2. The van der Waals surface area contributed by atoms with Crippen molar-refractivity contribution in [1.29, 1.82) is 0 Å². The number of rotatable bonds is 6. The summed E-state index contributed by atoms with van der Waals surface area (Å²) in [5, 5.41) is 9.77. The Hall–Kier alpha value is -1.79. The molecule has 2 rings (SSSR count). The second kappa shape index (κ2) is 7.28. The quantitative estimate of drug-likeness (QED) is 0.781. The fourth-order valence-corrected chi connectivity index (χ4v) is 1.81. The molecule has 0 saturated carbocycles. The molecule has 0 bridgehead atoms. The minimum atomic E-state index is -0.825. The van der Waals surface area contributed by atoms with Crippen molar-refractivity contribution in [2.24, 2.45) is 0 Å². The van der Waals surface area contributed by atoms with Crippen LogP contribution in [0.4, 0.5) is 10.1 Å². The average molecular weight is 356 g/mol. The van der Waals surface area contributed by atoms with Gasteiger partial charge in [-0.25, -0.2) is 4.39 Å². The van der Waals surface area contributed by atoms with Crippen LogP contribution >= 0.6 is 15.9 Å². The molecule has 1 atom stereocenters. The van der Waals surface area contributed by atoms with E-state index in [0.717, 1.165) is 0 Å². The first-order valence-electron chi connectivity index (χ1n) is 6.29. The first-order chi connectivity index (χ1) is 10.0. The molecule has 6 heteroatoms. The van der Waals surface area contributed by atoms with Gasteiger partial charge in [-0.05, 0) is 52.3 Å². The van der Waals surface area contributed by atoms with Gasteiger partial charge in [-0.15, -0.1) is 0 Å². The largest absolute Gasteiger partial charge is 0.491 e. The van der Waals surface area contributed by atoms with E-state index in [9.17, 15) is 9.50 Å². The zero-order valence-electron chi connectivity index (χ0n) is 11.1.